The van der Waals surface area contributed by atoms with Gasteiger partial charge in [0.05, 0.1) is 29.3 Å². The van der Waals surface area contributed by atoms with Crippen molar-refractivity contribution in [2.24, 2.45) is 0 Å². The summed E-state index contributed by atoms with van der Waals surface area (Å²) in [6.45, 7) is 4.18. The van der Waals surface area contributed by atoms with E-state index in [1.54, 1.807) is 17.8 Å². The highest BCUT2D eigenvalue weighted by atomic mass is 16.5. The molecular weight excluding hydrogens is 424 g/mol. The summed E-state index contributed by atoms with van der Waals surface area (Å²) in [4.78, 5) is 24.1. The summed E-state index contributed by atoms with van der Waals surface area (Å²) in [5.74, 6) is 0.704. The first-order chi connectivity index (χ1) is 15.7. The fourth-order valence-corrected chi connectivity index (χ4v) is 3.56. The van der Waals surface area contributed by atoms with Crippen molar-refractivity contribution in [3.63, 3.8) is 0 Å². The molecule has 1 atom stereocenters. The zero-order valence-electron chi connectivity index (χ0n) is 19.1. The molecule has 2 heterocycles. The minimum atomic E-state index is -0.980. The van der Waals surface area contributed by atoms with Crippen LogP contribution in [0.3, 0.4) is 0 Å². The number of anilines is 1. The molecule has 2 aromatic carbocycles. The molecule has 33 heavy (non-hydrogen) atoms. The number of carbonyl (C=O) groups is 2. The lowest BCUT2D eigenvalue weighted by Crippen LogP contribution is -2.25. The summed E-state index contributed by atoms with van der Waals surface area (Å²) in [5.41, 5.74) is 4.34. The van der Waals surface area contributed by atoms with Crippen LogP contribution in [0.1, 0.15) is 23.9 Å². The van der Waals surface area contributed by atoms with Gasteiger partial charge in [-0.2, -0.15) is 5.10 Å². The van der Waals surface area contributed by atoms with Gasteiger partial charge in [-0.05, 0) is 43.7 Å². The summed E-state index contributed by atoms with van der Waals surface area (Å²) < 4.78 is 7.38. The first-order valence-corrected chi connectivity index (χ1v) is 10.5. The van der Waals surface area contributed by atoms with Gasteiger partial charge in [-0.3, -0.25) is 4.90 Å². The molecule has 3 aromatic rings. The van der Waals surface area contributed by atoms with E-state index in [0.717, 1.165) is 29.1 Å². The molecule has 0 saturated carbocycles. The third-order valence-electron chi connectivity index (χ3n) is 5.18. The van der Waals surface area contributed by atoms with Crippen LogP contribution in [0.2, 0.25) is 0 Å². The lowest BCUT2D eigenvalue weighted by atomic mass is 10.1. The molecule has 0 spiro atoms. The number of rotatable bonds is 4. The highest BCUT2D eigenvalue weighted by Gasteiger charge is 2.24. The van der Waals surface area contributed by atoms with E-state index in [2.05, 4.69) is 5.10 Å². The zero-order valence-corrected chi connectivity index (χ0v) is 19.1. The molecule has 1 aliphatic heterocycles. The van der Waals surface area contributed by atoms with Crippen molar-refractivity contribution in [1.29, 1.82) is 0 Å². The van der Waals surface area contributed by atoms with E-state index in [1.165, 1.54) is 16.8 Å². The molecule has 2 amide bonds. The average Bonchev–Trinajstić information content (AvgIpc) is 3.35. The quantitative estimate of drug-likeness (QED) is 0.607. The number of amides is 2. The van der Waals surface area contributed by atoms with E-state index in [-0.39, 0.29) is 6.10 Å². The second-order valence-electron chi connectivity index (χ2n) is 7.90. The van der Waals surface area contributed by atoms with Crippen LogP contribution in [0.5, 0.6) is 5.75 Å². The van der Waals surface area contributed by atoms with Crippen molar-refractivity contribution in [2.45, 2.75) is 32.9 Å². The molecule has 9 nitrogen and oxygen atoms in total. The normalized spacial score (nSPS) is 13.9. The molecule has 0 saturated heterocycles. The number of aryl methyl sites for hydroxylation is 1. The molecule has 0 aliphatic carbocycles. The fourth-order valence-electron chi connectivity index (χ4n) is 3.56. The topological polar surface area (TPSA) is 108 Å². The summed E-state index contributed by atoms with van der Waals surface area (Å²) in [6.07, 6.45) is -0.959. The molecule has 0 fully saturated rings. The van der Waals surface area contributed by atoms with E-state index in [4.69, 9.17) is 14.9 Å². The van der Waals surface area contributed by atoms with Crippen LogP contribution in [-0.4, -0.2) is 57.3 Å². The van der Waals surface area contributed by atoms with Gasteiger partial charge in [0.15, 0.2) is 0 Å². The van der Waals surface area contributed by atoms with Crippen molar-refractivity contribution in [2.75, 3.05) is 19.0 Å². The lowest BCUT2D eigenvalue weighted by Gasteiger charge is -2.16. The van der Waals surface area contributed by atoms with E-state index >= 15 is 0 Å². The van der Waals surface area contributed by atoms with Crippen LogP contribution >= 0.6 is 0 Å². The van der Waals surface area contributed by atoms with Crippen LogP contribution in [-0.2, 0) is 13.0 Å². The monoisotopic (exact) mass is 452 g/mol. The number of hydrogen-bond acceptors (Lipinski definition) is 4. The molecule has 2 N–H and O–H groups in total. The van der Waals surface area contributed by atoms with Crippen LogP contribution < -0.4 is 9.64 Å². The molecule has 174 valence electrons. The number of nitrogens with zero attached hydrogens (tertiary/aromatic N) is 4. The second kappa shape index (κ2) is 10.1. The molecule has 9 heteroatoms. The van der Waals surface area contributed by atoms with Crippen molar-refractivity contribution in [3.8, 4) is 11.4 Å². The Bertz CT molecular complexity index is 1130. The maximum Gasteiger partial charge on any atom is 0.411 e. The minimum Gasteiger partial charge on any atom is -0.488 e. The molecule has 1 aliphatic rings. The summed E-state index contributed by atoms with van der Waals surface area (Å²) in [7, 11) is 3.06. The third-order valence-corrected chi connectivity index (χ3v) is 5.18. The number of hydrogen-bond donors (Lipinski definition) is 2. The Morgan fingerprint density at radius 2 is 1.79 bits per heavy atom. The summed E-state index contributed by atoms with van der Waals surface area (Å²) >= 11 is 0. The Hall–Kier alpha value is -4.01. The maximum absolute atomic E-state index is 10.9. The molecule has 1 aromatic heterocycles. The highest BCUT2D eigenvalue weighted by molar-refractivity contribution is 5.88. The maximum atomic E-state index is 10.9. The smallest absolute Gasteiger partial charge is 0.411 e. The van der Waals surface area contributed by atoms with Crippen molar-refractivity contribution in [1.82, 2.24) is 14.7 Å². The van der Waals surface area contributed by atoms with Crippen molar-refractivity contribution >= 4 is 17.9 Å². The molecule has 4 rings (SSSR count). The standard InChI is InChI=1S/C13H15N3O2.C11H13NO3/c1-10-8-12(9-15(2)13(17)18)16(14-10)11-6-4-3-5-7-11;1-7-6-8-4-3-5-9(10(8)15-7)12(2)11(13)14/h3-8H,9H2,1-2H3,(H,17,18);3-5,7H,6H2,1-2H3,(H,13,14). The number of carboxylic acid groups (broad SMARTS) is 2. The van der Waals surface area contributed by atoms with Crippen molar-refractivity contribution in [3.05, 3.63) is 71.5 Å². The fraction of sp³-hybridized carbons (Fsp3) is 0.292. The van der Waals surface area contributed by atoms with Gasteiger partial charge < -0.3 is 19.8 Å². The number of para-hydroxylation sites is 2. The Kier molecular flexibility index (Phi) is 7.22. The van der Waals surface area contributed by atoms with E-state index in [9.17, 15) is 9.59 Å². The molecule has 1 unspecified atom stereocenters. The number of ether oxygens (including phenoxy) is 1. The second-order valence-corrected chi connectivity index (χ2v) is 7.90. The largest absolute Gasteiger partial charge is 0.488 e. The van der Waals surface area contributed by atoms with Gasteiger partial charge in [-0.25, -0.2) is 14.3 Å². The summed E-state index contributed by atoms with van der Waals surface area (Å²) in [5, 5.41) is 22.2. The SMILES string of the molecule is CC1Cc2cccc(N(C)C(=O)O)c2O1.Cc1cc(CN(C)C(=O)O)n(-c2ccccc2)n1. The van der Waals surface area contributed by atoms with Crippen molar-refractivity contribution < 1.29 is 24.5 Å². The number of fused-ring (bicyclic) bond motifs is 1. The molecule has 0 bridgehead atoms. The van der Waals surface area contributed by atoms with Gasteiger partial charge in [0.1, 0.15) is 11.9 Å². The predicted molar refractivity (Wildman–Crippen MR) is 124 cm³/mol. The van der Waals surface area contributed by atoms with Gasteiger partial charge in [0, 0.05) is 20.5 Å². The first-order valence-electron chi connectivity index (χ1n) is 10.5. The van der Waals surface area contributed by atoms with Gasteiger partial charge in [-0.15, -0.1) is 0 Å². The third kappa shape index (κ3) is 5.62. The minimum absolute atomic E-state index is 0.128. The van der Waals surface area contributed by atoms with E-state index < -0.39 is 12.2 Å². The first kappa shape index (κ1) is 23.6. The zero-order chi connectivity index (χ0) is 24.1. The van der Waals surface area contributed by atoms with E-state index in [0.29, 0.717) is 18.0 Å². The Balaban J connectivity index is 0.000000189. The number of aromatic nitrogens is 2. The van der Waals surface area contributed by atoms with E-state index in [1.807, 2.05) is 62.4 Å². The van der Waals surface area contributed by atoms with Crippen LogP contribution in [0.15, 0.2) is 54.6 Å². The van der Waals surface area contributed by atoms with Crippen LogP contribution in [0, 0.1) is 6.92 Å². The summed E-state index contributed by atoms with van der Waals surface area (Å²) in [6, 6.07) is 17.1. The van der Waals surface area contributed by atoms with Gasteiger partial charge >= 0.3 is 12.2 Å². The lowest BCUT2D eigenvalue weighted by molar-refractivity contribution is 0.153. The average molecular weight is 453 g/mol. The molecular formula is C24H28N4O5. The predicted octanol–water partition coefficient (Wildman–Crippen LogP) is 4.41. The number of benzene rings is 2. The Morgan fingerprint density at radius 1 is 1.09 bits per heavy atom. The van der Waals surface area contributed by atoms with Crippen LogP contribution in [0.4, 0.5) is 15.3 Å². The Morgan fingerprint density at radius 3 is 2.42 bits per heavy atom. The van der Waals surface area contributed by atoms with Gasteiger partial charge in [-0.1, -0.05) is 30.3 Å². The van der Waals surface area contributed by atoms with Crippen LogP contribution in [0.25, 0.3) is 5.69 Å². The van der Waals surface area contributed by atoms with Gasteiger partial charge in [0.25, 0.3) is 0 Å². The highest BCUT2D eigenvalue weighted by Crippen LogP contribution is 2.37. The van der Waals surface area contributed by atoms with Gasteiger partial charge in [0.2, 0.25) is 0 Å². The Labute approximate surface area is 192 Å². The molecule has 0 radical (unpaired) electrons.